The molecule has 0 spiro atoms. The summed E-state index contributed by atoms with van der Waals surface area (Å²) in [6.07, 6.45) is 0. The van der Waals surface area contributed by atoms with Crippen molar-refractivity contribution in [2.24, 2.45) is 0 Å². The van der Waals surface area contributed by atoms with Crippen LogP contribution < -0.4 is 15.4 Å². The number of thiophene rings is 1. The zero-order chi connectivity index (χ0) is 18.4. The summed E-state index contributed by atoms with van der Waals surface area (Å²) >= 11 is 1.58. The Kier molecular flexibility index (Phi) is 5.99. The average Bonchev–Trinajstić information content (AvgIpc) is 3.18. The Balaban J connectivity index is 1.70. The number of para-hydroxylation sites is 2. The van der Waals surface area contributed by atoms with Gasteiger partial charge in [0.25, 0.3) is 0 Å². The summed E-state index contributed by atoms with van der Waals surface area (Å²) in [4.78, 5) is 13.4. The Labute approximate surface area is 155 Å². The first kappa shape index (κ1) is 18.1. The van der Waals surface area contributed by atoms with E-state index in [1.54, 1.807) is 42.7 Å². The fourth-order valence-corrected chi connectivity index (χ4v) is 3.46. The van der Waals surface area contributed by atoms with Crippen LogP contribution in [0.2, 0.25) is 0 Å². The Bertz CT molecular complexity index is 851. The number of ether oxygens (including phenoxy) is 1. The van der Waals surface area contributed by atoms with Gasteiger partial charge in [-0.05, 0) is 41.3 Å². The van der Waals surface area contributed by atoms with E-state index in [9.17, 15) is 9.18 Å². The second-order valence-corrected chi connectivity index (χ2v) is 6.61. The lowest BCUT2D eigenvalue weighted by atomic mass is 10.1. The van der Waals surface area contributed by atoms with Crippen molar-refractivity contribution in [1.29, 1.82) is 0 Å². The highest BCUT2D eigenvalue weighted by molar-refractivity contribution is 7.10. The zero-order valence-corrected chi connectivity index (χ0v) is 15.1. The van der Waals surface area contributed by atoms with Crippen molar-refractivity contribution < 1.29 is 13.9 Å². The van der Waals surface area contributed by atoms with Gasteiger partial charge in [-0.2, -0.15) is 0 Å². The molecule has 0 saturated heterocycles. The number of rotatable bonds is 7. The molecule has 0 radical (unpaired) electrons. The molecular weight excluding hydrogens is 351 g/mol. The first-order valence-electron chi connectivity index (χ1n) is 8.12. The molecule has 1 amide bonds. The number of benzene rings is 2. The van der Waals surface area contributed by atoms with E-state index in [0.717, 1.165) is 10.4 Å². The van der Waals surface area contributed by atoms with Crippen LogP contribution in [-0.4, -0.2) is 19.6 Å². The number of halogens is 1. The van der Waals surface area contributed by atoms with E-state index >= 15 is 0 Å². The molecule has 1 atom stereocenters. The minimum absolute atomic E-state index is 0.109. The highest BCUT2D eigenvalue weighted by Gasteiger charge is 2.17. The van der Waals surface area contributed by atoms with Crippen LogP contribution >= 0.6 is 11.3 Å². The fraction of sp³-hybridized carbons (Fsp3) is 0.150. The summed E-state index contributed by atoms with van der Waals surface area (Å²) in [6, 6.07) is 17.3. The molecule has 0 bridgehead atoms. The summed E-state index contributed by atoms with van der Waals surface area (Å²) in [5, 5.41) is 8.06. The quantitative estimate of drug-likeness (QED) is 0.655. The van der Waals surface area contributed by atoms with Crippen LogP contribution in [0.15, 0.2) is 66.0 Å². The molecule has 26 heavy (non-hydrogen) atoms. The van der Waals surface area contributed by atoms with Crippen LogP contribution in [0.3, 0.4) is 0 Å². The molecule has 1 unspecified atom stereocenters. The number of carbonyl (C=O) groups excluding carboxylic acids is 1. The predicted octanol–water partition coefficient (Wildman–Crippen LogP) is 4.21. The molecule has 3 rings (SSSR count). The van der Waals surface area contributed by atoms with Gasteiger partial charge in [-0.1, -0.05) is 30.3 Å². The third-order valence-electron chi connectivity index (χ3n) is 3.88. The molecule has 0 fully saturated rings. The van der Waals surface area contributed by atoms with Crippen molar-refractivity contribution in [3.05, 3.63) is 82.3 Å². The summed E-state index contributed by atoms with van der Waals surface area (Å²) in [6.45, 7) is 0.109. The fourth-order valence-electron chi connectivity index (χ4n) is 2.63. The van der Waals surface area contributed by atoms with Crippen molar-refractivity contribution in [3.63, 3.8) is 0 Å². The van der Waals surface area contributed by atoms with Crippen LogP contribution in [0.1, 0.15) is 16.5 Å². The molecule has 0 saturated carbocycles. The Morgan fingerprint density at radius 1 is 1.12 bits per heavy atom. The predicted molar refractivity (Wildman–Crippen MR) is 102 cm³/mol. The molecule has 6 heteroatoms. The van der Waals surface area contributed by atoms with E-state index in [-0.39, 0.29) is 24.3 Å². The van der Waals surface area contributed by atoms with Crippen LogP contribution in [-0.2, 0) is 4.79 Å². The number of hydrogen-bond acceptors (Lipinski definition) is 4. The zero-order valence-electron chi connectivity index (χ0n) is 14.2. The maximum Gasteiger partial charge on any atom is 0.238 e. The molecule has 0 aliphatic heterocycles. The minimum Gasteiger partial charge on any atom is -0.495 e. The lowest BCUT2D eigenvalue weighted by Crippen LogP contribution is -2.31. The molecule has 2 N–H and O–H groups in total. The smallest absolute Gasteiger partial charge is 0.238 e. The molecule has 1 heterocycles. The second kappa shape index (κ2) is 8.60. The molecule has 1 aromatic heterocycles. The lowest BCUT2D eigenvalue weighted by Gasteiger charge is -2.18. The average molecular weight is 370 g/mol. The highest BCUT2D eigenvalue weighted by atomic mass is 32.1. The molecular formula is C20H19FN2O2S. The van der Waals surface area contributed by atoms with E-state index in [1.165, 1.54) is 12.1 Å². The number of nitrogens with one attached hydrogen (secondary N) is 2. The van der Waals surface area contributed by atoms with Gasteiger partial charge in [0.05, 0.1) is 25.4 Å². The third kappa shape index (κ3) is 4.47. The van der Waals surface area contributed by atoms with Gasteiger partial charge in [0.15, 0.2) is 0 Å². The Morgan fingerprint density at radius 2 is 1.88 bits per heavy atom. The van der Waals surface area contributed by atoms with Crippen LogP contribution in [0.5, 0.6) is 5.75 Å². The van der Waals surface area contributed by atoms with Gasteiger partial charge in [0.1, 0.15) is 11.6 Å². The van der Waals surface area contributed by atoms with Gasteiger partial charge in [-0.3, -0.25) is 10.1 Å². The molecule has 3 aromatic rings. The normalized spacial score (nSPS) is 11.8. The molecule has 2 aromatic carbocycles. The first-order chi connectivity index (χ1) is 12.7. The topological polar surface area (TPSA) is 50.4 Å². The van der Waals surface area contributed by atoms with E-state index in [2.05, 4.69) is 10.6 Å². The third-order valence-corrected chi connectivity index (χ3v) is 4.82. The van der Waals surface area contributed by atoms with Crippen molar-refractivity contribution in [2.45, 2.75) is 6.04 Å². The number of anilines is 1. The van der Waals surface area contributed by atoms with Crippen molar-refractivity contribution >= 4 is 22.9 Å². The standard InChI is InChI=1S/C20H19FN2O2S/c1-25-17-6-3-2-5-16(17)23-19(24)13-22-20(18-7-4-12-26-18)14-8-10-15(21)11-9-14/h2-12,20,22H,13H2,1H3,(H,23,24). The number of carbonyl (C=O) groups is 1. The SMILES string of the molecule is COc1ccccc1NC(=O)CNC(c1ccc(F)cc1)c1cccs1. The second-order valence-electron chi connectivity index (χ2n) is 5.63. The van der Waals surface area contributed by atoms with Crippen molar-refractivity contribution in [3.8, 4) is 5.75 Å². The van der Waals surface area contributed by atoms with Gasteiger partial charge in [0, 0.05) is 4.88 Å². The van der Waals surface area contributed by atoms with Crippen LogP contribution in [0.25, 0.3) is 0 Å². The number of hydrogen-bond donors (Lipinski definition) is 2. The summed E-state index contributed by atoms with van der Waals surface area (Å²) in [5.41, 5.74) is 1.52. The molecule has 4 nitrogen and oxygen atoms in total. The largest absolute Gasteiger partial charge is 0.495 e. The Morgan fingerprint density at radius 3 is 2.58 bits per heavy atom. The summed E-state index contributed by atoms with van der Waals surface area (Å²) < 4.78 is 18.5. The minimum atomic E-state index is -0.285. The van der Waals surface area contributed by atoms with Crippen molar-refractivity contribution in [1.82, 2.24) is 5.32 Å². The maximum atomic E-state index is 13.2. The molecule has 134 valence electrons. The van der Waals surface area contributed by atoms with E-state index < -0.39 is 0 Å². The first-order valence-corrected chi connectivity index (χ1v) is 9.00. The van der Waals surface area contributed by atoms with E-state index in [0.29, 0.717) is 11.4 Å². The lowest BCUT2D eigenvalue weighted by molar-refractivity contribution is -0.115. The summed E-state index contributed by atoms with van der Waals surface area (Å²) in [7, 11) is 1.56. The number of methoxy groups -OCH3 is 1. The van der Waals surface area contributed by atoms with Crippen LogP contribution in [0, 0.1) is 5.82 Å². The van der Waals surface area contributed by atoms with Crippen molar-refractivity contribution in [2.75, 3.05) is 19.0 Å². The van der Waals surface area contributed by atoms with Gasteiger partial charge >= 0.3 is 0 Å². The Hall–Kier alpha value is -2.70. The highest BCUT2D eigenvalue weighted by Crippen LogP contribution is 2.26. The van der Waals surface area contributed by atoms with Crippen LogP contribution in [0.4, 0.5) is 10.1 Å². The van der Waals surface area contributed by atoms with Gasteiger partial charge in [-0.25, -0.2) is 4.39 Å². The van der Waals surface area contributed by atoms with Gasteiger partial charge in [0.2, 0.25) is 5.91 Å². The molecule has 0 aliphatic carbocycles. The van der Waals surface area contributed by atoms with Gasteiger partial charge in [-0.15, -0.1) is 11.3 Å². The molecule has 0 aliphatic rings. The number of amides is 1. The van der Waals surface area contributed by atoms with E-state index in [1.807, 2.05) is 29.6 Å². The van der Waals surface area contributed by atoms with Gasteiger partial charge < -0.3 is 10.1 Å². The summed E-state index contributed by atoms with van der Waals surface area (Å²) in [5.74, 6) is 0.139. The maximum absolute atomic E-state index is 13.2. The van der Waals surface area contributed by atoms with E-state index in [4.69, 9.17) is 4.74 Å². The monoisotopic (exact) mass is 370 g/mol.